The maximum Gasteiger partial charge on any atom is 0.261 e. The second kappa shape index (κ2) is 8.80. The van der Waals surface area contributed by atoms with E-state index < -0.39 is 15.8 Å². The summed E-state index contributed by atoms with van der Waals surface area (Å²) < 4.78 is 40.7. The Morgan fingerprint density at radius 1 is 1.00 bits per heavy atom. The summed E-state index contributed by atoms with van der Waals surface area (Å²) >= 11 is 0. The summed E-state index contributed by atoms with van der Waals surface area (Å²) in [5.41, 5.74) is 0.307. The summed E-state index contributed by atoms with van der Waals surface area (Å²) in [5, 5.41) is 0. The van der Waals surface area contributed by atoms with E-state index in [1.54, 1.807) is 11.0 Å². The van der Waals surface area contributed by atoms with Crippen molar-refractivity contribution in [3.8, 4) is 0 Å². The zero-order chi connectivity index (χ0) is 19.2. The fourth-order valence-electron chi connectivity index (χ4n) is 2.56. The van der Waals surface area contributed by atoms with Gasteiger partial charge in [-0.3, -0.25) is 9.52 Å². The van der Waals surface area contributed by atoms with Crippen molar-refractivity contribution in [1.82, 2.24) is 4.90 Å². The number of anilines is 1. The van der Waals surface area contributed by atoms with Crippen LogP contribution in [-0.4, -0.2) is 32.3 Å². The van der Waals surface area contributed by atoms with Crippen molar-refractivity contribution in [2.45, 2.75) is 31.6 Å². The fraction of sp³-hybridized carbons (Fsp3) is 0.316. The molecule has 0 aliphatic heterocycles. The molecular weight excluding hydrogens is 355 g/mol. The maximum atomic E-state index is 13.7. The number of carbonyl (C=O) groups excluding carboxylic acids is 1. The van der Waals surface area contributed by atoms with Gasteiger partial charge in [0.2, 0.25) is 0 Å². The lowest BCUT2D eigenvalue weighted by molar-refractivity contribution is 0.0755. The molecule has 2 aromatic carbocycles. The third-order valence-electron chi connectivity index (χ3n) is 3.80. The van der Waals surface area contributed by atoms with E-state index in [0.29, 0.717) is 18.7 Å². The number of para-hydroxylation sites is 1. The molecule has 1 N–H and O–H groups in total. The van der Waals surface area contributed by atoms with Crippen LogP contribution >= 0.6 is 0 Å². The number of amides is 1. The van der Waals surface area contributed by atoms with Gasteiger partial charge in [0, 0.05) is 18.7 Å². The summed E-state index contributed by atoms with van der Waals surface area (Å²) in [6.07, 6.45) is 1.70. The van der Waals surface area contributed by atoms with Crippen LogP contribution in [0.25, 0.3) is 0 Å². The predicted molar refractivity (Wildman–Crippen MR) is 100 cm³/mol. The number of sulfonamides is 1. The lowest BCUT2D eigenvalue weighted by Gasteiger charge is -2.21. The normalized spacial score (nSPS) is 11.2. The molecule has 0 fully saturated rings. The molecule has 0 atom stereocenters. The summed E-state index contributed by atoms with van der Waals surface area (Å²) in [5.74, 6) is -0.780. The van der Waals surface area contributed by atoms with Gasteiger partial charge in [-0.15, -0.1) is 0 Å². The summed E-state index contributed by atoms with van der Waals surface area (Å²) in [6, 6.07) is 11.2. The molecule has 0 unspecified atom stereocenters. The van der Waals surface area contributed by atoms with Gasteiger partial charge in [-0.1, -0.05) is 26.0 Å². The van der Waals surface area contributed by atoms with Crippen molar-refractivity contribution in [2.75, 3.05) is 17.8 Å². The molecule has 0 aliphatic carbocycles. The van der Waals surface area contributed by atoms with Crippen LogP contribution in [-0.2, 0) is 10.0 Å². The standard InChI is InChI=1S/C19H23FN2O3S/c1-3-13-22(14-4-2)19(23)15-9-11-16(12-10-15)26(24,25)21-18-8-6-5-7-17(18)20/h5-12,21H,3-4,13-14H2,1-2H3. The number of hydrogen-bond donors (Lipinski definition) is 1. The molecule has 0 radical (unpaired) electrons. The predicted octanol–water partition coefficient (Wildman–Crippen LogP) is 3.89. The van der Waals surface area contributed by atoms with E-state index >= 15 is 0 Å². The fourth-order valence-corrected chi connectivity index (χ4v) is 3.63. The second-order valence-electron chi connectivity index (χ2n) is 5.90. The first-order valence-electron chi connectivity index (χ1n) is 8.55. The van der Waals surface area contributed by atoms with Crippen LogP contribution in [0, 0.1) is 5.82 Å². The average molecular weight is 378 g/mol. The van der Waals surface area contributed by atoms with Crippen molar-refractivity contribution in [3.05, 3.63) is 59.9 Å². The summed E-state index contributed by atoms with van der Waals surface area (Å²) in [4.78, 5) is 14.3. The highest BCUT2D eigenvalue weighted by Gasteiger charge is 2.18. The van der Waals surface area contributed by atoms with Gasteiger partial charge >= 0.3 is 0 Å². The van der Waals surface area contributed by atoms with Crippen LogP contribution in [0.1, 0.15) is 37.0 Å². The monoisotopic (exact) mass is 378 g/mol. The van der Waals surface area contributed by atoms with Gasteiger partial charge in [0.25, 0.3) is 15.9 Å². The van der Waals surface area contributed by atoms with Crippen LogP contribution in [0.3, 0.4) is 0 Å². The minimum Gasteiger partial charge on any atom is -0.339 e. The van der Waals surface area contributed by atoms with Crippen LogP contribution in [0.15, 0.2) is 53.4 Å². The van der Waals surface area contributed by atoms with Gasteiger partial charge in [0.15, 0.2) is 0 Å². The van der Waals surface area contributed by atoms with E-state index in [1.807, 2.05) is 13.8 Å². The van der Waals surface area contributed by atoms with E-state index in [4.69, 9.17) is 0 Å². The third kappa shape index (κ3) is 4.82. The van der Waals surface area contributed by atoms with Gasteiger partial charge in [0.1, 0.15) is 5.82 Å². The number of halogens is 1. The lowest BCUT2D eigenvalue weighted by atomic mass is 10.2. The first kappa shape index (κ1) is 19.9. The average Bonchev–Trinajstić information content (AvgIpc) is 2.63. The Bertz CT molecular complexity index is 845. The largest absolute Gasteiger partial charge is 0.339 e. The lowest BCUT2D eigenvalue weighted by Crippen LogP contribution is -2.32. The Morgan fingerprint density at radius 2 is 1.58 bits per heavy atom. The number of hydrogen-bond acceptors (Lipinski definition) is 3. The van der Waals surface area contributed by atoms with Crippen molar-refractivity contribution < 1.29 is 17.6 Å². The van der Waals surface area contributed by atoms with Crippen LogP contribution in [0.4, 0.5) is 10.1 Å². The smallest absolute Gasteiger partial charge is 0.261 e. The first-order valence-corrected chi connectivity index (χ1v) is 10.0. The number of nitrogens with one attached hydrogen (secondary N) is 1. The molecule has 0 heterocycles. The van der Waals surface area contributed by atoms with Crippen molar-refractivity contribution >= 4 is 21.6 Å². The molecule has 2 aromatic rings. The van der Waals surface area contributed by atoms with E-state index in [0.717, 1.165) is 12.8 Å². The molecule has 26 heavy (non-hydrogen) atoms. The van der Waals surface area contributed by atoms with Crippen molar-refractivity contribution in [2.24, 2.45) is 0 Å². The van der Waals surface area contributed by atoms with E-state index in [9.17, 15) is 17.6 Å². The van der Waals surface area contributed by atoms with Crippen LogP contribution < -0.4 is 4.72 Å². The molecule has 0 saturated carbocycles. The van der Waals surface area contributed by atoms with Crippen molar-refractivity contribution in [3.63, 3.8) is 0 Å². The molecule has 0 aromatic heterocycles. The molecule has 2 rings (SSSR count). The Kier molecular flexibility index (Phi) is 6.74. The summed E-state index contributed by atoms with van der Waals surface area (Å²) in [6.45, 7) is 5.31. The molecule has 0 aliphatic rings. The van der Waals surface area contributed by atoms with E-state index in [2.05, 4.69) is 4.72 Å². The van der Waals surface area contributed by atoms with Gasteiger partial charge in [-0.25, -0.2) is 12.8 Å². The van der Waals surface area contributed by atoms with Gasteiger partial charge in [0.05, 0.1) is 10.6 Å². The number of rotatable bonds is 8. The topological polar surface area (TPSA) is 66.5 Å². The van der Waals surface area contributed by atoms with E-state index in [1.165, 1.54) is 42.5 Å². The zero-order valence-corrected chi connectivity index (χ0v) is 15.7. The van der Waals surface area contributed by atoms with Crippen molar-refractivity contribution in [1.29, 1.82) is 0 Å². The minimum atomic E-state index is -3.93. The Morgan fingerprint density at radius 3 is 2.12 bits per heavy atom. The highest BCUT2D eigenvalue weighted by molar-refractivity contribution is 7.92. The summed E-state index contributed by atoms with van der Waals surface area (Å²) in [7, 11) is -3.93. The van der Waals surface area contributed by atoms with Crippen LogP contribution in [0.5, 0.6) is 0 Å². The Balaban J connectivity index is 2.20. The maximum absolute atomic E-state index is 13.7. The molecule has 1 amide bonds. The Labute approximate surface area is 153 Å². The van der Waals surface area contributed by atoms with Gasteiger partial charge in [-0.05, 0) is 49.2 Å². The molecule has 7 heteroatoms. The van der Waals surface area contributed by atoms with Gasteiger partial charge < -0.3 is 4.90 Å². The highest BCUT2D eigenvalue weighted by Crippen LogP contribution is 2.19. The van der Waals surface area contributed by atoms with E-state index in [-0.39, 0.29) is 16.5 Å². The number of carbonyl (C=O) groups is 1. The Hall–Kier alpha value is -2.41. The van der Waals surface area contributed by atoms with Crippen LogP contribution in [0.2, 0.25) is 0 Å². The second-order valence-corrected chi connectivity index (χ2v) is 7.58. The zero-order valence-electron chi connectivity index (χ0n) is 14.9. The molecule has 0 spiro atoms. The molecule has 140 valence electrons. The SMILES string of the molecule is CCCN(CCC)C(=O)c1ccc(S(=O)(=O)Nc2ccccc2F)cc1. The molecule has 0 saturated heterocycles. The number of benzene rings is 2. The molecule has 0 bridgehead atoms. The highest BCUT2D eigenvalue weighted by atomic mass is 32.2. The molecular formula is C19H23FN2O3S. The first-order chi connectivity index (χ1) is 12.4. The third-order valence-corrected chi connectivity index (χ3v) is 5.19. The molecule has 5 nitrogen and oxygen atoms in total. The number of nitrogens with zero attached hydrogens (tertiary/aromatic N) is 1. The van der Waals surface area contributed by atoms with Gasteiger partial charge in [-0.2, -0.15) is 0 Å². The minimum absolute atomic E-state index is 0.0326. The quantitative estimate of drug-likeness (QED) is 0.758.